The van der Waals surface area contributed by atoms with Crippen LogP contribution in [0.2, 0.25) is 0 Å². The topological polar surface area (TPSA) is 26.3 Å². The number of carbonyl (C=O) groups excluding carboxylic acids is 1. The van der Waals surface area contributed by atoms with Crippen molar-refractivity contribution in [3.63, 3.8) is 0 Å². The first-order valence-electron chi connectivity index (χ1n) is 4.42. The smallest absolute Gasteiger partial charge is 0.338 e. The van der Waals surface area contributed by atoms with E-state index in [1.807, 2.05) is 12.1 Å². The summed E-state index contributed by atoms with van der Waals surface area (Å²) in [6, 6.07) is 8.58. The molecule has 67 valence electrons. The first-order valence-corrected chi connectivity index (χ1v) is 4.42. The Labute approximate surface area is 77.5 Å². The minimum Gasteiger partial charge on any atom is -0.465 e. The fourth-order valence-corrected chi connectivity index (χ4v) is 1.45. The van der Waals surface area contributed by atoms with E-state index in [2.05, 4.69) is 6.07 Å². The van der Waals surface area contributed by atoms with E-state index in [-0.39, 0.29) is 5.97 Å². The van der Waals surface area contributed by atoms with Crippen LogP contribution in [-0.4, -0.2) is 13.1 Å². The molecule has 1 saturated carbocycles. The van der Waals surface area contributed by atoms with Crippen LogP contribution in [0.3, 0.4) is 0 Å². The average Bonchev–Trinajstić information content (AvgIpc) is 3.00. The van der Waals surface area contributed by atoms with Gasteiger partial charge in [0.1, 0.15) is 0 Å². The molecule has 0 aromatic heterocycles. The van der Waals surface area contributed by atoms with Crippen LogP contribution in [0.25, 0.3) is 0 Å². The van der Waals surface area contributed by atoms with Crippen LogP contribution in [0.1, 0.15) is 34.7 Å². The molecule has 0 N–H and O–H groups in total. The van der Waals surface area contributed by atoms with Crippen molar-refractivity contribution in [1.29, 1.82) is 0 Å². The summed E-state index contributed by atoms with van der Waals surface area (Å²) >= 11 is 0. The van der Waals surface area contributed by atoms with Gasteiger partial charge >= 0.3 is 5.97 Å². The Morgan fingerprint density at radius 2 is 2.38 bits per heavy atom. The monoisotopic (exact) mass is 175 g/mol. The maximum absolute atomic E-state index is 11.3. The molecular formula is C11H11O2. The normalized spacial score (nSPS) is 15.5. The molecule has 2 nitrogen and oxygen atoms in total. The zero-order valence-electron chi connectivity index (χ0n) is 7.54. The number of hydrogen-bond acceptors (Lipinski definition) is 2. The molecule has 2 rings (SSSR count). The lowest BCUT2D eigenvalue weighted by Crippen LogP contribution is -2.04. The van der Waals surface area contributed by atoms with Crippen molar-refractivity contribution in [2.24, 2.45) is 0 Å². The minimum absolute atomic E-state index is 0.251. The molecule has 1 aromatic carbocycles. The molecule has 0 saturated heterocycles. The van der Waals surface area contributed by atoms with E-state index in [0.717, 1.165) is 5.56 Å². The molecular weight excluding hydrogens is 164 g/mol. The predicted octanol–water partition coefficient (Wildman–Crippen LogP) is 2.15. The molecule has 0 amide bonds. The number of ether oxygens (including phenoxy) is 1. The summed E-state index contributed by atoms with van der Waals surface area (Å²) in [5.41, 5.74) is 1.70. The van der Waals surface area contributed by atoms with Crippen LogP contribution in [0, 0.1) is 6.07 Å². The standard InChI is InChI=1S/C11H11O2/c1-13-11(12)10-5-3-2-4-9(10)8-6-7-8/h2-3,5,8H,6-7H2,1H3. The summed E-state index contributed by atoms with van der Waals surface area (Å²) in [6.45, 7) is 0. The van der Waals surface area contributed by atoms with Gasteiger partial charge in [-0.1, -0.05) is 12.1 Å². The molecule has 13 heavy (non-hydrogen) atoms. The van der Waals surface area contributed by atoms with Crippen molar-refractivity contribution >= 4 is 5.97 Å². The average molecular weight is 175 g/mol. The molecule has 0 bridgehead atoms. The van der Waals surface area contributed by atoms with Gasteiger partial charge in [0.25, 0.3) is 0 Å². The third-order valence-electron chi connectivity index (χ3n) is 2.28. The molecule has 0 unspecified atom stereocenters. The lowest BCUT2D eigenvalue weighted by Gasteiger charge is -2.04. The van der Waals surface area contributed by atoms with Crippen LogP contribution >= 0.6 is 0 Å². The number of rotatable bonds is 2. The first-order chi connectivity index (χ1) is 6.33. The van der Waals surface area contributed by atoms with Crippen LogP contribution in [0.5, 0.6) is 0 Å². The van der Waals surface area contributed by atoms with Gasteiger partial charge in [0, 0.05) is 0 Å². The van der Waals surface area contributed by atoms with Crippen molar-refractivity contribution in [2.75, 3.05) is 7.11 Å². The summed E-state index contributed by atoms with van der Waals surface area (Å²) in [5.74, 6) is 0.286. The van der Waals surface area contributed by atoms with Gasteiger partial charge in [0.15, 0.2) is 0 Å². The van der Waals surface area contributed by atoms with Gasteiger partial charge in [-0.05, 0) is 36.5 Å². The second-order valence-corrected chi connectivity index (χ2v) is 3.26. The largest absolute Gasteiger partial charge is 0.465 e. The van der Waals surface area contributed by atoms with Crippen LogP contribution in [0.15, 0.2) is 18.2 Å². The van der Waals surface area contributed by atoms with Crippen LogP contribution < -0.4 is 0 Å². The Kier molecular flexibility index (Phi) is 2.05. The minimum atomic E-state index is -0.251. The summed E-state index contributed by atoms with van der Waals surface area (Å²) in [4.78, 5) is 11.3. The van der Waals surface area contributed by atoms with Crippen molar-refractivity contribution in [1.82, 2.24) is 0 Å². The van der Waals surface area contributed by atoms with Gasteiger partial charge in [-0.2, -0.15) is 0 Å². The van der Waals surface area contributed by atoms with E-state index in [4.69, 9.17) is 4.74 Å². The predicted molar refractivity (Wildman–Crippen MR) is 48.6 cm³/mol. The molecule has 1 aromatic rings. The Morgan fingerprint density at radius 1 is 1.62 bits per heavy atom. The SMILES string of the molecule is COC(=O)c1ccc[c]c1C1CC1. The maximum Gasteiger partial charge on any atom is 0.338 e. The number of carbonyl (C=O) groups is 1. The zero-order valence-corrected chi connectivity index (χ0v) is 7.54. The molecule has 0 aliphatic heterocycles. The van der Waals surface area contributed by atoms with E-state index >= 15 is 0 Å². The van der Waals surface area contributed by atoms with E-state index in [9.17, 15) is 4.79 Å². The molecule has 1 fully saturated rings. The van der Waals surface area contributed by atoms with Gasteiger partial charge in [0.05, 0.1) is 12.7 Å². The number of benzene rings is 1. The molecule has 1 aliphatic carbocycles. The maximum atomic E-state index is 11.3. The third kappa shape index (κ3) is 1.57. The quantitative estimate of drug-likeness (QED) is 0.644. The van der Waals surface area contributed by atoms with Crippen molar-refractivity contribution in [3.8, 4) is 0 Å². The molecule has 1 aliphatic rings. The van der Waals surface area contributed by atoms with Crippen molar-refractivity contribution in [3.05, 3.63) is 35.4 Å². The highest BCUT2D eigenvalue weighted by Gasteiger charge is 2.27. The molecule has 0 heterocycles. The Morgan fingerprint density at radius 3 is 3.00 bits per heavy atom. The van der Waals surface area contributed by atoms with E-state index < -0.39 is 0 Å². The van der Waals surface area contributed by atoms with Gasteiger partial charge in [-0.3, -0.25) is 0 Å². The Balaban J connectivity index is 2.36. The summed E-state index contributed by atoms with van der Waals surface area (Å²) in [7, 11) is 1.41. The van der Waals surface area contributed by atoms with Gasteiger partial charge in [0.2, 0.25) is 0 Å². The highest BCUT2D eigenvalue weighted by atomic mass is 16.5. The third-order valence-corrected chi connectivity index (χ3v) is 2.28. The van der Waals surface area contributed by atoms with E-state index in [0.29, 0.717) is 11.5 Å². The number of hydrogen-bond donors (Lipinski definition) is 0. The second-order valence-electron chi connectivity index (χ2n) is 3.26. The summed E-state index contributed by atoms with van der Waals surface area (Å²) in [6.07, 6.45) is 2.34. The van der Waals surface area contributed by atoms with E-state index in [1.54, 1.807) is 6.07 Å². The van der Waals surface area contributed by atoms with Crippen molar-refractivity contribution in [2.45, 2.75) is 18.8 Å². The highest BCUT2D eigenvalue weighted by molar-refractivity contribution is 5.91. The van der Waals surface area contributed by atoms with Gasteiger partial charge in [-0.25, -0.2) is 4.79 Å². The Hall–Kier alpha value is -1.31. The molecule has 0 spiro atoms. The highest BCUT2D eigenvalue weighted by Crippen LogP contribution is 2.41. The molecule has 0 atom stereocenters. The van der Waals surface area contributed by atoms with Crippen molar-refractivity contribution < 1.29 is 9.53 Å². The summed E-state index contributed by atoms with van der Waals surface area (Å²) < 4.78 is 4.70. The first kappa shape index (κ1) is 8.30. The van der Waals surface area contributed by atoms with Crippen LogP contribution in [-0.2, 0) is 4.74 Å². The zero-order chi connectivity index (χ0) is 9.26. The van der Waals surface area contributed by atoms with E-state index in [1.165, 1.54) is 20.0 Å². The van der Waals surface area contributed by atoms with Crippen LogP contribution in [0.4, 0.5) is 0 Å². The summed E-state index contributed by atoms with van der Waals surface area (Å²) in [5, 5.41) is 0. The number of esters is 1. The van der Waals surface area contributed by atoms with Gasteiger partial charge in [-0.15, -0.1) is 0 Å². The number of methoxy groups -OCH3 is 1. The fourth-order valence-electron chi connectivity index (χ4n) is 1.45. The lowest BCUT2D eigenvalue weighted by molar-refractivity contribution is 0.0599. The fraction of sp³-hybridized carbons (Fsp3) is 0.364. The molecule has 1 radical (unpaired) electrons. The molecule has 2 heteroatoms. The Bertz CT molecular complexity index is 327. The second kappa shape index (κ2) is 3.21. The lowest BCUT2D eigenvalue weighted by atomic mass is 10.0. The van der Waals surface area contributed by atoms with Gasteiger partial charge < -0.3 is 4.74 Å².